The van der Waals surface area contributed by atoms with Gasteiger partial charge in [-0.15, -0.1) is 0 Å². The Morgan fingerprint density at radius 3 is 2.14 bits per heavy atom. The SMILES string of the molecule is O=c1cc(C(F)(F)F)c2cc(Cc3ccc(S(=O)(=O)NCCc4ccc(Cl)cc4)cc3)ccc2o1. The highest BCUT2D eigenvalue weighted by molar-refractivity contribution is 7.89. The van der Waals surface area contributed by atoms with Crippen molar-refractivity contribution in [1.29, 1.82) is 0 Å². The molecule has 0 saturated carbocycles. The monoisotopic (exact) mass is 521 g/mol. The van der Waals surface area contributed by atoms with Crippen molar-refractivity contribution in [2.45, 2.75) is 23.9 Å². The van der Waals surface area contributed by atoms with Crippen LogP contribution in [-0.4, -0.2) is 15.0 Å². The Morgan fingerprint density at radius 2 is 1.49 bits per heavy atom. The third kappa shape index (κ3) is 6.11. The lowest BCUT2D eigenvalue weighted by Crippen LogP contribution is -2.26. The first-order chi connectivity index (χ1) is 16.5. The molecule has 4 aromatic rings. The van der Waals surface area contributed by atoms with E-state index >= 15 is 0 Å². The fraction of sp³-hybridized carbons (Fsp3) is 0.160. The highest BCUT2D eigenvalue weighted by Crippen LogP contribution is 2.34. The molecule has 0 atom stereocenters. The molecule has 1 N–H and O–H groups in total. The Hall–Kier alpha value is -3.14. The molecule has 0 amide bonds. The van der Waals surface area contributed by atoms with Crippen LogP contribution in [-0.2, 0) is 29.0 Å². The van der Waals surface area contributed by atoms with Gasteiger partial charge in [0.2, 0.25) is 10.0 Å². The highest BCUT2D eigenvalue weighted by atomic mass is 35.5. The summed E-state index contributed by atoms with van der Waals surface area (Å²) in [5.74, 6) is 0. The van der Waals surface area contributed by atoms with E-state index in [1.807, 2.05) is 12.1 Å². The third-order valence-corrected chi connectivity index (χ3v) is 7.10. The minimum Gasteiger partial charge on any atom is -0.423 e. The molecule has 1 heterocycles. The van der Waals surface area contributed by atoms with Gasteiger partial charge in [0, 0.05) is 23.0 Å². The van der Waals surface area contributed by atoms with Crippen LogP contribution in [0.3, 0.4) is 0 Å². The highest BCUT2D eigenvalue weighted by Gasteiger charge is 2.33. The molecule has 0 aliphatic carbocycles. The third-order valence-electron chi connectivity index (χ3n) is 5.37. The molecule has 0 aliphatic rings. The number of rotatable bonds is 7. The zero-order valence-corrected chi connectivity index (χ0v) is 19.7. The molecule has 4 rings (SSSR count). The molecule has 35 heavy (non-hydrogen) atoms. The fourth-order valence-corrected chi connectivity index (χ4v) is 4.80. The van der Waals surface area contributed by atoms with Crippen LogP contribution in [0.15, 0.2) is 86.9 Å². The summed E-state index contributed by atoms with van der Waals surface area (Å²) in [5.41, 5.74) is -0.0905. The normalized spacial score (nSPS) is 12.2. The van der Waals surface area contributed by atoms with E-state index in [-0.39, 0.29) is 28.8 Å². The van der Waals surface area contributed by atoms with E-state index in [0.29, 0.717) is 28.6 Å². The molecule has 1 aromatic heterocycles. The van der Waals surface area contributed by atoms with E-state index in [1.165, 1.54) is 24.3 Å². The first-order valence-electron chi connectivity index (χ1n) is 10.5. The molecule has 3 aromatic carbocycles. The Bertz CT molecular complexity index is 1510. The van der Waals surface area contributed by atoms with Crippen LogP contribution in [0.4, 0.5) is 13.2 Å². The molecular formula is C25H19ClF3NO4S. The lowest BCUT2D eigenvalue weighted by Gasteiger charge is -2.11. The molecule has 182 valence electrons. The minimum atomic E-state index is -4.70. The molecular weight excluding hydrogens is 503 g/mol. The van der Waals surface area contributed by atoms with Gasteiger partial charge in [0.1, 0.15) is 5.58 Å². The minimum absolute atomic E-state index is 0.0806. The summed E-state index contributed by atoms with van der Waals surface area (Å²) in [4.78, 5) is 11.5. The van der Waals surface area contributed by atoms with Crippen molar-refractivity contribution in [3.05, 3.63) is 110 Å². The van der Waals surface area contributed by atoms with Crippen molar-refractivity contribution < 1.29 is 26.0 Å². The molecule has 0 bridgehead atoms. The van der Waals surface area contributed by atoms with Crippen molar-refractivity contribution in [3.63, 3.8) is 0 Å². The Kier molecular flexibility index (Phi) is 7.02. The van der Waals surface area contributed by atoms with Gasteiger partial charge in [-0.1, -0.05) is 41.9 Å². The van der Waals surface area contributed by atoms with Crippen LogP contribution in [0.25, 0.3) is 11.0 Å². The summed E-state index contributed by atoms with van der Waals surface area (Å²) in [7, 11) is -3.73. The predicted molar refractivity (Wildman–Crippen MR) is 127 cm³/mol. The van der Waals surface area contributed by atoms with Crippen LogP contribution >= 0.6 is 11.6 Å². The van der Waals surface area contributed by atoms with Crippen LogP contribution in [0, 0.1) is 0 Å². The molecule has 0 unspecified atom stereocenters. The maximum atomic E-state index is 13.4. The quantitative estimate of drug-likeness (QED) is 0.322. The van der Waals surface area contributed by atoms with E-state index < -0.39 is 27.4 Å². The van der Waals surface area contributed by atoms with Crippen molar-refractivity contribution in [2.24, 2.45) is 0 Å². The van der Waals surface area contributed by atoms with Crippen molar-refractivity contribution in [1.82, 2.24) is 4.72 Å². The zero-order valence-electron chi connectivity index (χ0n) is 18.1. The summed E-state index contributed by atoms with van der Waals surface area (Å²) in [6.07, 6.45) is -3.95. The first-order valence-corrected chi connectivity index (χ1v) is 12.3. The Morgan fingerprint density at radius 1 is 0.857 bits per heavy atom. The number of sulfonamides is 1. The van der Waals surface area contributed by atoms with E-state index in [1.54, 1.807) is 30.3 Å². The molecule has 10 heteroatoms. The van der Waals surface area contributed by atoms with Gasteiger partial charge in [0.05, 0.1) is 10.5 Å². The second-order valence-corrected chi connectivity index (χ2v) is 10.1. The number of nitrogens with one attached hydrogen (secondary N) is 1. The van der Waals surface area contributed by atoms with Gasteiger partial charge in [-0.2, -0.15) is 13.2 Å². The predicted octanol–water partition coefficient (Wildman–Crippen LogP) is 5.58. The van der Waals surface area contributed by atoms with Crippen molar-refractivity contribution in [2.75, 3.05) is 6.54 Å². The summed E-state index contributed by atoms with van der Waals surface area (Å²) < 4.78 is 72.7. The fourth-order valence-electron chi connectivity index (χ4n) is 3.64. The number of halogens is 4. The van der Waals surface area contributed by atoms with Crippen LogP contribution in [0.2, 0.25) is 5.02 Å². The average Bonchev–Trinajstić information content (AvgIpc) is 2.80. The van der Waals surface area contributed by atoms with Gasteiger partial charge < -0.3 is 4.42 Å². The molecule has 0 radical (unpaired) electrons. The van der Waals surface area contributed by atoms with Gasteiger partial charge in [0.15, 0.2) is 0 Å². The lowest BCUT2D eigenvalue weighted by atomic mass is 10.0. The van der Waals surface area contributed by atoms with E-state index in [9.17, 15) is 26.4 Å². The molecule has 0 saturated heterocycles. The summed E-state index contributed by atoms with van der Waals surface area (Å²) in [5, 5.41) is 0.393. The van der Waals surface area contributed by atoms with Crippen LogP contribution in [0.1, 0.15) is 22.3 Å². The Labute approximate surface area is 204 Å². The number of benzene rings is 3. The smallest absolute Gasteiger partial charge is 0.417 e. The molecule has 0 fully saturated rings. The van der Waals surface area contributed by atoms with E-state index in [4.69, 9.17) is 16.0 Å². The number of alkyl halides is 3. The van der Waals surface area contributed by atoms with E-state index in [0.717, 1.165) is 5.56 Å². The van der Waals surface area contributed by atoms with Crippen molar-refractivity contribution >= 4 is 32.6 Å². The maximum absolute atomic E-state index is 13.4. The maximum Gasteiger partial charge on any atom is 0.417 e. The van der Waals surface area contributed by atoms with Crippen LogP contribution < -0.4 is 10.3 Å². The average molecular weight is 522 g/mol. The Balaban J connectivity index is 1.47. The second kappa shape index (κ2) is 9.85. The molecule has 5 nitrogen and oxygen atoms in total. The number of hydrogen-bond donors (Lipinski definition) is 1. The lowest BCUT2D eigenvalue weighted by molar-refractivity contribution is -0.136. The van der Waals surface area contributed by atoms with E-state index in [2.05, 4.69) is 4.72 Å². The zero-order chi connectivity index (χ0) is 25.2. The molecule has 0 spiro atoms. The summed E-state index contributed by atoms with van der Waals surface area (Å²) in [6.45, 7) is 0.209. The second-order valence-electron chi connectivity index (χ2n) is 7.90. The first kappa shape index (κ1) is 25.0. The standard InChI is InChI=1S/C25H19ClF3NO4S/c26-19-6-1-16(2-7-19)11-12-30-35(32,33)20-8-3-17(4-9-20)13-18-5-10-23-21(14-18)22(25(27,28)29)15-24(31)34-23/h1-10,14-15,30H,11-13H2. The summed E-state index contributed by atoms with van der Waals surface area (Å²) in [6, 6.07) is 17.9. The largest absolute Gasteiger partial charge is 0.423 e. The number of hydrogen-bond acceptors (Lipinski definition) is 4. The van der Waals surface area contributed by atoms with Crippen LogP contribution in [0.5, 0.6) is 0 Å². The van der Waals surface area contributed by atoms with Gasteiger partial charge >= 0.3 is 11.8 Å². The van der Waals surface area contributed by atoms with Gasteiger partial charge in [-0.3, -0.25) is 0 Å². The summed E-state index contributed by atoms with van der Waals surface area (Å²) >= 11 is 5.85. The van der Waals surface area contributed by atoms with Gasteiger partial charge in [-0.25, -0.2) is 17.9 Å². The molecule has 0 aliphatic heterocycles. The van der Waals surface area contributed by atoms with Gasteiger partial charge in [-0.05, 0) is 65.9 Å². The van der Waals surface area contributed by atoms with Gasteiger partial charge in [0.25, 0.3) is 0 Å². The topological polar surface area (TPSA) is 76.4 Å². The number of fused-ring (bicyclic) bond motifs is 1. The van der Waals surface area contributed by atoms with Crippen molar-refractivity contribution in [3.8, 4) is 0 Å².